The molecule has 0 saturated carbocycles. The number of carbonyl (C=O) groups excluding carboxylic acids is 1. The first-order valence-electron chi connectivity index (χ1n) is 4.73. The van der Waals surface area contributed by atoms with E-state index in [4.69, 9.17) is 10.5 Å². The molecular weight excluding hydrogens is 197 g/mol. The van der Waals surface area contributed by atoms with E-state index < -0.39 is 11.8 Å². The minimum Gasteiger partial charge on any atom is -0.462 e. The summed E-state index contributed by atoms with van der Waals surface area (Å²) in [7, 11) is 0. The third-order valence-electron chi connectivity index (χ3n) is 1.78. The predicted molar refractivity (Wildman–Crippen MR) is 55.9 cm³/mol. The summed E-state index contributed by atoms with van der Waals surface area (Å²) in [6.07, 6.45) is 0. The number of nitrogen functional groups attached to an aromatic ring is 1. The van der Waals surface area contributed by atoms with Crippen LogP contribution in [0.15, 0.2) is 18.2 Å². The van der Waals surface area contributed by atoms with Crippen LogP contribution in [-0.2, 0) is 4.74 Å². The van der Waals surface area contributed by atoms with Gasteiger partial charge in [0.1, 0.15) is 5.82 Å². The van der Waals surface area contributed by atoms with E-state index in [-0.39, 0.29) is 17.2 Å². The van der Waals surface area contributed by atoms with E-state index in [9.17, 15) is 9.18 Å². The molecule has 1 aromatic carbocycles. The smallest absolute Gasteiger partial charge is 0.338 e. The van der Waals surface area contributed by atoms with E-state index in [1.807, 2.05) is 13.8 Å². The van der Waals surface area contributed by atoms with Crippen LogP contribution in [0.4, 0.5) is 10.1 Å². The summed E-state index contributed by atoms with van der Waals surface area (Å²) in [5.41, 5.74) is 5.56. The van der Waals surface area contributed by atoms with Gasteiger partial charge in [0.05, 0.1) is 17.9 Å². The molecule has 0 heterocycles. The molecule has 0 fully saturated rings. The number of anilines is 1. The third kappa shape index (κ3) is 3.23. The highest BCUT2D eigenvalue weighted by atomic mass is 19.1. The van der Waals surface area contributed by atoms with E-state index in [1.165, 1.54) is 12.1 Å². The standard InChI is InChI=1S/C11H14FNO2/c1-7(2)6-15-11(14)8-3-4-9(12)10(13)5-8/h3-5,7H,6,13H2,1-2H3. The van der Waals surface area contributed by atoms with Gasteiger partial charge in [0.15, 0.2) is 0 Å². The fourth-order valence-corrected chi connectivity index (χ4v) is 0.996. The molecule has 1 aromatic rings. The molecule has 15 heavy (non-hydrogen) atoms. The molecule has 0 aromatic heterocycles. The topological polar surface area (TPSA) is 52.3 Å². The number of halogens is 1. The molecule has 0 aliphatic carbocycles. The quantitative estimate of drug-likeness (QED) is 0.616. The number of rotatable bonds is 3. The van der Waals surface area contributed by atoms with Crippen LogP contribution in [0.25, 0.3) is 0 Å². The Morgan fingerprint density at radius 2 is 2.20 bits per heavy atom. The van der Waals surface area contributed by atoms with E-state index in [0.717, 1.165) is 6.07 Å². The van der Waals surface area contributed by atoms with Crippen molar-refractivity contribution in [3.05, 3.63) is 29.6 Å². The number of esters is 1. The zero-order chi connectivity index (χ0) is 11.4. The second-order valence-corrected chi connectivity index (χ2v) is 3.73. The number of benzene rings is 1. The van der Waals surface area contributed by atoms with Crippen LogP contribution in [0.2, 0.25) is 0 Å². The van der Waals surface area contributed by atoms with E-state index in [1.54, 1.807) is 0 Å². The number of ether oxygens (including phenoxy) is 1. The lowest BCUT2D eigenvalue weighted by Gasteiger charge is -2.07. The lowest BCUT2D eigenvalue weighted by Crippen LogP contribution is -2.10. The first kappa shape index (κ1) is 11.5. The lowest BCUT2D eigenvalue weighted by molar-refractivity contribution is 0.0459. The summed E-state index contributed by atoms with van der Waals surface area (Å²) >= 11 is 0. The van der Waals surface area contributed by atoms with Gasteiger partial charge in [-0.15, -0.1) is 0 Å². The van der Waals surface area contributed by atoms with Crippen molar-refractivity contribution in [1.82, 2.24) is 0 Å². The van der Waals surface area contributed by atoms with Crippen molar-refractivity contribution in [2.24, 2.45) is 5.92 Å². The summed E-state index contributed by atoms with van der Waals surface area (Å²) in [6, 6.07) is 3.79. The van der Waals surface area contributed by atoms with Crippen molar-refractivity contribution >= 4 is 11.7 Å². The minimum atomic E-state index is -0.532. The van der Waals surface area contributed by atoms with Crippen molar-refractivity contribution in [2.75, 3.05) is 12.3 Å². The van der Waals surface area contributed by atoms with Gasteiger partial charge < -0.3 is 10.5 Å². The maximum atomic E-state index is 12.8. The molecule has 2 N–H and O–H groups in total. The first-order valence-corrected chi connectivity index (χ1v) is 4.73. The molecule has 3 nitrogen and oxygen atoms in total. The zero-order valence-electron chi connectivity index (χ0n) is 8.79. The second-order valence-electron chi connectivity index (χ2n) is 3.73. The van der Waals surface area contributed by atoms with E-state index in [0.29, 0.717) is 6.61 Å². The SMILES string of the molecule is CC(C)COC(=O)c1ccc(F)c(N)c1. The molecule has 1 rings (SSSR count). The van der Waals surface area contributed by atoms with Crippen molar-refractivity contribution < 1.29 is 13.9 Å². The summed E-state index contributed by atoms with van der Waals surface area (Å²) in [5.74, 6) is -0.738. The van der Waals surface area contributed by atoms with Crippen molar-refractivity contribution in [3.63, 3.8) is 0 Å². The second kappa shape index (κ2) is 4.77. The molecule has 0 amide bonds. The Morgan fingerprint density at radius 1 is 1.53 bits per heavy atom. The van der Waals surface area contributed by atoms with Crippen LogP contribution in [0, 0.1) is 11.7 Å². The molecule has 0 unspecified atom stereocenters. The maximum Gasteiger partial charge on any atom is 0.338 e. The Labute approximate surface area is 88.0 Å². The fourth-order valence-electron chi connectivity index (χ4n) is 0.996. The highest BCUT2D eigenvalue weighted by Crippen LogP contribution is 2.13. The molecule has 82 valence electrons. The van der Waals surface area contributed by atoms with Gasteiger partial charge in [-0.3, -0.25) is 0 Å². The van der Waals surface area contributed by atoms with Crippen LogP contribution in [0.1, 0.15) is 24.2 Å². The van der Waals surface area contributed by atoms with Crippen LogP contribution in [-0.4, -0.2) is 12.6 Å². The molecule has 0 aliphatic heterocycles. The van der Waals surface area contributed by atoms with Gasteiger partial charge in [0.25, 0.3) is 0 Å². The van der Waals surface area contributed by atoms with Gasteiger partial charge in [-0.25, -0.2) is 9.18 Å². The Bertz CT molecular complexity index is 364. The molecule has 0 aliphatic rings. The van der Waals surface area contributed by atoms with Crippen LogP contribution in [0.5, 0.6) is 0 Å². The maximum absolute atomic E-state index is 12.8. The Hall–Kier alpha value is -1.58. The molecule has 0 atom stereocenters. The van der Waals surface area contributed by atoms with Crippen molar-refractivity contribution in [1.29, 1.82) is 0 Å². The fraction of sp³-hybridized carbons (Fsp3) is 0.364. The number of carbonyl (C=O) groups is 1. The number of hydrogen-bond acceptors (Lipinski definition) is 3. The van der Waals surface area contributed by atoms with Gasteiger partial charge in [-0.2, -0.15) is 0 Å². The lowest BCUT2D eigenvalue weighted by atomic mass is 10.2. The summed E-state index contributed by atoms with van der Waals surface area (Å²) in [5, 5.41) is 0. The highest BCUT2D eigenvalue weighted by molar-refractivity contribution is 5.90. The van der Waals surface area contributed by atoms with Crippen LogP contribution >= 0.6 is 0 Å². The summed E-state index contributed by atoms with van der Waals surface area (Å²) in [4.78, 5) is 11.4. The average molecular weight is 211 g/mol. The molecular formula is C11H14FNO2. The van der Waals surface area contributed by atoms with Crippen molar-refractivity contribution in [3.8, 4) is 0 Å². The Morgan fingerprint density at radius 3 is 2.73 bits per heavy atom. The molecule has 0 bridgehead atoms. The average Bonchev–Trinajstić information content (AvgIpc) is 2.18. The van der Waals surface area contributed by atoms with Gasteiger partial charge in [-0.1, -0.05) is 13.8 Å². The molecule has 0 radical (unpaired) electrons. The third-order valence-corrected chi connectivity index (χ3v) is 1.78. The monoisotopic (exact) mass is 211 g/mol. The Balaban J connectivity index is 2.70. The molecule has 0 saturated heterocycles. The van der Waals surface area contributed by atoms with Gasteiger partial charge in [0, 0.05) is 0 Å². The van der Waals surface area contributed by atoms with Gasteiger partial charge >= 0.3 is 5.97 Å². The van der Waals surface area contributed by atoms with Gasteiger partial charge in [-0.05, 0) is 24.1 Å². The number of hydrogen-bond donors (Lipinski definition) is 1. The minimum absolute atomic E-state index is 0.0472. The normalized spacial score (nSPS) is 10.4. The largest absolute Gasteiger partial charge is 0.462 e. The summed E-state index contributed by atoms with van der Waals surface area (Å²) < 4.78 is 17.8. The van der Waals surface area contributed by atoms with E-state index >= 15 is 0 Å². The highest BCUT2D eigenvalue weighted by Gasteiger charge is 2.09. The van der Waals surface area contributed by atoms with Crippen LogP contribution < -0.4 is 5.73 Å². The van der Waals surface area contributed by atoms with E-state index in [2.05, 4.69) is 0 Å². The van der Waals surface area contributed by atoms with Gasteiger partial charge in [0.2, 0.25) is 0 Å². The predicted octanol–water partition coefficient (Wildman–Crippen LogP) is 2.22. The first-order chi connectivity index (χ1) is 7.00. The van der Waals surface area contributed by atoms with Crippen LogP contribution in [0.3, 0.4) is 0 Å². The molecule has 0 spiro atoms. The Kier molecular flexibility index (Phi) is 3.66. The van der Waals surface area contributed by atoms with Crippen molar-refractivity contribution in [2.45, 2.75) is 13.8 Å². The number of nitrogens with two attached hydrogens (primary N) is 1. The zero-order valence-corrected chi connectivity index (χ0v) is 8.79. The summed E-state index contributed by atoms with van der Waals surface area (Å²) in [6.45, 7) is 4.22. The molecule has 4 heteroatoms.